The second-order valence-corrected chi connectivity index (χ2v) is 5.01. The van der Waals surface area contributed by atoms with Crippen molar-refractivity contribution in [3.8, 4) is 5.75 Å². The van der Waals surface area contributed by atoms with Crippen molar-refractivity contribution in [3.63, 3.8) is 0 Å². The average molecular weight is 447 g/mol. The SMILES string of the molecule is CN=C(NCCc1ccc(F)cc1)NCc1ccc(O)c(F)c1.I. The van der Waals surface area contributed by atoms with E-state index in [0.29, 0.717) is 24.6 Å². The Bertz CT molecular complexity index is 678. The lowest BCUT2D eigenvalue weighted by atomic mass is 10.1. The fraction of sp³-hybridized carbons (Fsp3) is 0.235. The maximum Gasteiger partial charge on any atom is 0.191 e. The van der Waals surface area contributed by atoms with E-state index in [-0.39, 0.29) is 35.5 Å². The predicted molar refractivity (Wildman–Crippen MR) is 102 cm³/mol. The minimum atomic E-state index is -0.649. The largest absolute Gasteiger partial charge is 0.505 e. The lowest BCUT2D eigenvalue weighted by Crippen LogP contribution is -2.37. The van der Waals surface area contributed by atoms with Crippen LogP contribution < -0.4 is 10.6 Å². The van der Waals surface area contributed by atoms with Crippen LogP contribution in [-0.4, -0.2) is 24.7 Å². The van der Waals surface area contributed by atoms with Crippen LogP contribution in [0.25, 0.3) is 0 Å². The van der Waals surface area contributed by atoms with Gasteiger partial charge in [0.05, 0.1) is 0 Å². The lowest BCUT2D eigenvalue weighted by Gasteiger charge is -2.12. The van der Waals surface area contributed by atoms with Gasteiger partial charge >= 0.3 is 0 Å². The molecule has 4 nitrogen and oxygen atoms in total. The zero-order valence-electron chi connectivity index (χ0n) is 13.2. The summed E-state index contributed by atoms with van der Waals surface area (Å²) in [6.45, 7) is 1.02. The molecule has 2 aromatic carbocycles. The molecule has 130 valence electrons. The molecule has 0 aromatic heterocycles. The van der Waals surface area contributed by atoms with Gasteiger partial charge in [-0.1, -0.05) is 18.2 Å². The Balaban J connectivity index is 0.00000288. The normalized spacial score (nSPS) is 10.9. The third-order valence-corrected chi connectivity index (χ3v) is 3.32. The molecule has 3 N–H and O–H groups in total. The third-order valence-electron chi connectivity index (χ3n) is 3.32. The topological polar surface area (TPSA) is 56.7 Å². The van der Waals surface area contributed by atoms with E-state index in [4.69, 9.17) is 5.11 Å². The molecule has 0 bridgehead atoms. The van der Waals surface area contributed by atoms with Gasteiger partial charge in [-0.15, -0.1) is 24.0 Å². The zero-order chi connectivity index (χ0) is 16.7. The quantitative estimate of drug-likeness (QED) is 0.375. The molecule has 0 saturated heterocycles. The number of aliphatic imine (C=N–C) groups is 1. The number of aromatic hydroxyl groups is 1. The first-order valence-corrected chi connectivity index (χ1v) is 7.25. The number of hydrogen-bond donors (Lipinski definition) is 3. The molecule has 0 aliphatic carbocycles. The number of phenols is 1. The number of nitrogens with one attached hydrogen (secondary N) is 2. The Morgan fingerprint density at radius 2 is 1.71 bits per heavy atom. The maximum absolute atomic E-state index is 13.3. The number of phenolic OH excluding ortho intramolecular Hbond substituents is 1. The Hall–Kier alpha value is -1.90. The van der Waals surface area contributed by atoms with Gasteiger partial charge in [0.1, 0.15) is 5.82 Å². The molecule has 0 atom stereocenters. The Morgan fingerprint density at radius 1 is 1.04 bits per heavy atom. The van der Waals surface area contributed by atoms with E-state index in [9.17, 15) is 8.78 Å². The molecular formula is C17H20F2IN3O. The van der Waals surface area contributed by atoms with E-state index in [1.165, 1.54) is 24.3 Å². The fourth-order valence-corrected chi connectivity index (χ4v) is 2.04. The monoisotopic (exact) mass is 447 g/mol. The lowest BCUT2D eigenvalue weighted by molar-refractivity contribution is 0.431. The van der Waals surface area contributed by atoms with E-state index in [1.807, 2.05) is 0 Å². The molecule has 0 saturated carbocycles. The van der Waals surface area contributed by atoms with Crippen LogP contribution in [0.3, 0.4) is 0 Å². The average Bonchev–Trinajstić information content (AvgIpc) is 2.55. The van der Waals surface area contributed by atoms with Crippen molar-refractivity contribution in [1.29, 1.82) is 0 Å². The molecule has 0 spiro atoms. The first-order valence-electron chi connectivity index (χ1n) is 7.25. The molecule has 2 rings (SSSR count). The van der Waals surface area contributed by atoms with Crippen LogP contribution >= 0.6 is 24.0 Å². The molecule has 24 heavy (non-hydrogen) atoms. The first kappa shape index (κ1) is 20.1. The number of nitrogens with zero attached hydrogens (tertiary/aromatic N) is 1. The number of guanidine groups is 1. The summed E-state index contributed by atoms with van der Waals surface area (Å²) < 4.78 is 26.1. The third kappa shape index (κ3) is 6.31. The molecular weight excluding hydrogens is 427 g/mol. The summed E-state index contributed by atoms with van der Waals surface area (Å²) in [5.74, 6) is -0.681. The second-order valence-electron chi connectivity index (χ2n) is 5.01. The smallest absolute Gasteiger partial charge is 0.191 e. The summed E-state index contributed by atoms with van der Waals surface area (Å²) in [4.78, 5) is 4.08. The minimum Gasteiger partial charge on any atom is -0.505 e. The highest BCUT2D eigenvalue weighted by Crippen LogP contribution is 2.15. The summed E-state index contributed by atoms with van der Waals surface area (Å²) in [5, 5.41) is 15.3. The summed E-state index contributed by atoms with van der Waals surface area (Å²) in [6, 6.07) is 10.6. The van der Waals surface area contributed by atoms with E-state index in [2.05, 4.69) is 15.6 Å². The molecule has 0 unspecified atom stereocenters. The highest BCUT2D eigenvalue weighted by Gasteiger charge is 2.03. The minimum absolute atomic E-state index is 0. The van der Waals surface area contributed by atoms with Crippen molar-refractivity contribution in [3.05, 3.63) is 65.2 Å². The number of hydrogen-bond acceptors (Lipinski definition) is 2. The molecule has 0 aliphatic rings. The number of halogens is 3. The molecule has 0 amide bonds. The van der Waals surface area contributed by atoms with Crippen molar-refractivity contribution in [2.75, 3.05) is 13.6 Å². The Kier molecular flexibility index (Phi) is 8.45. The second kappa shape index (κ2) is 10.1. The van der Waals surface area contributed by atoms with E-state index >= 15 is 0 Å². The molecule has 0 aliphatic heterocycles. The number of benzene rings is 2. The van der Waals surface area contributed by atoms with Crippen LogP contribution in [0.1, 0.15) is 11.1 Å². The molecule has 2 aromatic rings. The van der Waals surface area contributed by atoms with Crippen LogP contribution in [0, 0.1) is 11.6 Å². The predicted octanol–water partition coefficient (Wildman–Crippen LogP) is 3.20. The highest BCUT2D eigenvalue weighted by atomic mass is 127. The maximum atomic E-state index is 13.3. The Morgan fingerprint density at radius 3 is 2.33 bits per heavy atom. The van der Waals surface area contributed by atoms with Crippen LogP contribution in [0.15, 0.2) is 47.5 Å². The molecule has 0 fully saturated rings. The van der Waals surface area contributed by atoms with Crippen molar-refractivity contribution in [2.24, 2.45) is 4.99 Å². The molecule has 7 heteroatoms. The summed E-state index contributed by atoms with van der Waals surface area (Å²) >= 11 is 0. The summed E-state index contributed by atoms with van der Waals surface area (Å²) in [6.07, 6.45) is 0.731. The van der Waals surface area contributed by atoms with Gasteiger partial charge in [0.25, 0.3) is 0 Å². The van der Waals surface area contributed by atoms with Crippen molar-refractivity contribution in [1.82, 2.24) is 10.6 Å². The van der Waals surface area contributed by atoms with Crippen LogP contribution in [0.2, 0.25) is 0 Å². The van der Waals surface area contributed by atoms with Gasteiger partial charge in [0.2, 0.25) is 0 Å². The highest BCUT2D eigenvalue weighted by molar-refractivity contribution is 14.0. The van der Waals surface area contributed by atoms with E-state index in [1.54, 1.807) is 25.2 Å². The fourth-order valence-electron chi connectivity index (χ4n) is 2.04. The van der Waals surface area contributed by atoms with Gasteiger partial charge in [-0.25, -0.2) is 8.78 Å². The van der Waals surface area contributed by atoms with E-state index in [0.717, 1.165) is 12.0 Å². The summed E-state index contributed by atoms with van der Waals surface area (Å²) in [7, 11) is 1.64. The zero-order valence-corrected chi connectivity index (χ0v) is 15.6. The molecule has 0 radical (unpaired) electrons. The van der Waals surface area contributed by atoms with Crippen LogP contribution in [0.4, 0.5) is 8.78 Å². The van der Waals surface area contributed by atoms with Crippen LogP contribution in [0.5, 0.6) is 5.75 Å². The van der Waals surface area contributed by atoms with Gasteiger partial charge in [-0.2, -0.15) is 0 Å². The van der Waals surface area contributed by atoms with Gasteiger partial charge in [0, 0.05) is 20.1 Å². The van der Waals surface area contributed by atoms with Crippen molar-refractivity contribution in [2.45, 2.75) is 13.0 Å². The first-order chi connectivity index (χ1) is 11.1. The van der Waals surface area contributed by atoms with Crippen molar-refractivity contribution >= 4 is 29.9 Å². The van der Waals surface area contributed by atoms with E-state index < -0.39 is 5.82 Å². The molecule has 0 heterocycles. The van der Waals surface area contributed by atoms with Gasteiger partial charge < -0.3 is 15.7 Å². The van der Waals surface area contributed by atoms with Crippen LogP contribution in [-0.2, 0) is 13.0 Å². The van der Waals surface area contributed by atoms with Gasteiger partial charge in [0.15, 0.2) is 17.5 Å². The van der Waals surface area contributed by atoms with Crippen molar-refractivity contribution < 1.29 is 13.9 Å². The number of rotatable bonds is 5. The van der Waals surface area contributed by atoms with Gasteiger partial charge in [-0.3, -0.25) is 4.99 Å². The van der Waals surface area contributed by atoms with Gasteiger partial charge in [-0.05, 0) is 41.8 Å². The Labute approximate surface area is 157 Å². The summed E-state index contributed by atoms with van der Waals surface area (Å²) in [5.41, 5.74) is 1.72. The standard InChI is InChI=1S/C17H19F2N3O.HI/c1-20-17(21-9-8-12-2-5-14(18)6-3-12)22-11-13-4-7-16(23)15(19)10-13;/h2-7,10,23H,8-9,11H2,1H3,(H2,20,21,22);1H.